The van der Waals surface area contributed by atoms with Crippen LogP contribution in [0.5, 0.6) is 5.75 Å². The Hall–Kier alpha value is -3.02. The quantitative estimate of drug-likeness (QED) is 0.897. The van der Waals surface area contributed by atoms with Crippen LogP contribution in [0.3, 0.4) is 0 Å². The average Bonchev–Trinajstić information content (AvgIpc) is 3.13. The number of amides is 3. The van der Waals surface area contributed by atoms with E-state index in [1.165, 1.54) is 0 Å². The van der Waals surface area contributed by atoms with Gasteiger partial charge < -0.3 is 20.3 Å². The maximum absolute atomic E-state index is 12.5. The Balaban J connectivity index is 1.63. The smallest absolute Gasteiger partial charge is 0.322 e. The van der Waals surface area contributed by atoms with Crippen molar-refractivity contribution in [3.8, 4) is 5.75 Å². The predicted octanol–water partition coefficient (Wildman–Crippen LogP) is 3.33. The van der Waals surface area contributed by atoms with Crippen molar-refractivity contribution in [2.24, 2.45) is 0 Å². The number of methoxy groups -OCH3 is 1. The largest absolute Gasteiger partial charge is 0.497 e. The standard InChI is InChI=1S/C19H21N3O3/c1-25-16-11-9-15(10-12-16)21-19(24)22-13-5-8-17(22)18(23)20-14-6-3-2-4-7-14/h2-4,6-7,9-12,17H,5,8,13H2,1H3,(H,20,23)(H,21,24)/t17-/m1/s1. The van der Waals surface area contributed by atoms with Gasteiger partial charge in [0.25, 0.3) is 0 Å². The lowest BCUT2D eigenvalue weighted by Gasteiger charge is -2.24. The molecule has 1 aliphatic rings. The number of nitrogens with one attached hydrogen (secondary N) is 2. The van der Waals surface area contributed by atoms with E-state index in [1.807, 2.05) is 30.3 Å². The molecule has 1 fully saturated rings. The zero-order chi connectivity index (χ0) is 17.6. The van der Waals surface area contributed by atoms with Gasteiger partial charge in [-0.3, -0.25) is 4.79 Å². The minimum atomic E-state index is -0.460. The lowest BCUT2D eigenvalue weighted by Crippen LogP contribution is -2.45. The first-order valence-corrected chi connectivity index (χ1v) is 8.25. The summed E-state index contributed by atoms with van der Waals surface area (Å²) in [5, 5.41) is 5.71. The Morgan fingerprint density at radius 1 is 1.00 bits per heavy atom. The molecule has 2 aromatic rings. The third-order valence-electron chi connectivity index (χ3n) is 4.20. The Kier molecular flexibility index (Phi) is 5.18. The van der Waals surface area contributed by atoms with E-state index < -0.39 is 6.04 Å². The van der Waals surface area contributed by atoms with Crippen molar-refractivity contribution in [3.05, 3.63) is 54.6 Å². The summed E-state index contributed by atoms with van der Waals surface area (Å²) < 4.78 is 5.10. The third kappa shape index (κ3) is 4.09. The van der Waals surface area contributed by atoms with Gasteiger partial charge in [0.05, 0.1) is 7.11 Å². The summed E-state index contributed by atoms with van der Waals surface area (Å²) in [5.74, 6) is 0.563. The van der Waals surface area contributed by atoms with Gasteiger partial charge in [0.1, 0.15) is 11.8 Å². The van der Waals surface area contributed by atoms with Gasteiger partial charge in [-0.05, 0) is 49.2 Å². The van der Waals surface area contributed by atoms with Crippen molar-refractivity contribution in [1.82, 2.24) is 4.90 Å². The Bertz CT molecular complexity index is 731. The molecule has 0 unspecified atom stereocenters. The number of carbonyl (C=O) groups is 2. The van der Waals surface area contributed by atoms with Crippen LogP contribution in [-0.2, 0) is 4.79 Å². The first-order chi connectivity index (χ1) is 12.2. The minimum absolute atomic E-state index is 0.159. The van der Waals surface area contributed by atoms with E-state index in [4.69, 9.17) is 4.74 Å². The van der Waals surface area contributed by atoms with Gasteiger partial charge in [-0.25, -0.2) is 4.79 Å². The Morgan fingerprint density at radius 3 is 2.36 bits per heavy atom. The molecule has 6 nitrogen and oxygen atoms in total. The van der Waals surface area contributed by atoms with E-state index >= 15 is 0 Å². The highest BCUT2D eigenvalue weighted by Crippen LogP contribution is 2.21. The maximum atomic E-state index is 12.5. The number of ether oxygens (including phenoxy) is 1. The summed E-state index contributed by atoms with van der Waals surface area (Å²) in [4.78, 5) is 26.6. The number of rotatable bonds is 4. The highest BCUT2D eigenvalue weighted by atomic mass is 16.5. The van der Waals surface area contributed by atoms with Crippen LogP contribution in [0.2, 0.25) is 0 Å². The average molecular weight is 339 g/mol. The number of para-hydroxylation sites is 1. The molecule has 3 amide bonds. The molecule has 1 atom stereocenters. The summed E-state index contributed by atoms with van der Waals surface area (Å²) in [6, 6.07) is 15.6. The van der Waals surface area contributed by atoms with Crippen molar-refractivity contribution < 1.29 is 14.3 Å². The molecule has 1 saturated heterocycles. The zero-order valence-corrected chi connectivity index (χ0v) is 14.1. The molecule has 0 aliphatic carbocycles. The molecule has 25 heavy (non-hydrogen) atoms. The van der Waals surface area contributed by atoms with E-state index in [1.54, 1.807) is 36.3 Å². The number of anilines is 2. The summed E-state index contributed by atoms with van der Waals surface area (Å²) in [6.45, 7) is 0.564. The summed E-state index contributed by atoms with van der Waals surface area (Å²) in [7, 11) is 1.59. The Morgan fingerprint density at radius 2 is 1.68 bits per heavy atom. The van der Waals surface area contributed by atoms with E-state index in [0.29, 0.717) is 18.7 Å². The van der Waals surface area contributed by atoms with E-state index in [0.717, 1.165) is 17.9 Å². The number of hydrogen-bond acceptors (Lipinski definition) is 3. The first kappa shape index (κ1) is 16.8. The normalized spacial score (nSPS) is 16.4. The summed E-state index contributed by atoms with van der Waals surface area (Å²) in [5.41, 5.74) is 1.40. The fraction of sp³-hybridized carbons (Fsp3) is 0.263. The molecular weight excluding hydrogens is 318 g/mol. The zero-order valence-electron chi connectivity index (χ0n) is 14.1. The highest BCUT2D eigenvalue weighted by Gasteiger charge is 2.34. The van der Waals surface area contributed by atoms with Crippen LogP contribution in [0.25, 0.3) is 0 Å². The van der Waals surface area contributed by atoms with E-state index in [2.05, 4.69) is 10.6 Å². The second-order valence-electron chi connectivity index (χ2n) is 5.87. The van der Waals surface area contributed by atoms with Gasteiger partial charge in [0.2, 0.25) is 5.91 Å². The lowest BCUT2D eigenvalue weighted by molar-refractivity contribution is -0.119. The van der Waals surface area contributed by atoms with Gasteiger partial charge in [0.15, 0.2) is 0 Å². The lowest BCUT2D eigenvalue weighted by atomic mass is 10.2. The number of hydrogen-bond donors (Lipinski definition) is 2. The number of carbonyl (C=O) groups excluding carboxylic acids is 2. The molecule has 1 heterocycles. The molecule has 3 rings (SSSR count). The Labute approximate surface area is 146 Å². The van der Waals surface area contributed by atoms with E-state index in [9.17, 15) is 9.59 Å². The number of urea groups is 1. The van der Waals surface area contributed by atoms with Gasteiger partial charge in [-0.2, -0.15) is 0 Å². The van der Waals surface area contributed by atoms with Crippen LogP contribution in [0, 0.1) is 0 Å². The van der Waals surface area contributed by atoms with Crippen molar-refractivity contribution in [1.29, 1.82) is 0 Å². The van der Waals surface area contributed by atoms with E-state index in [-0.39, 0.29) is 11.9 Å². The molecular formula is C19H21N3O3. The predicted molar refractivity (Wildman–Crippen MR) is 96.8 cm³/mol. The molecule has 130 valence electrons. The van der Waals surface area contributed by atoms with Crippen LogP contribution in [0.4, 0.5) is 16.2 Å². The van der Waals surface area contributed by atoms with Gasteiger partial charge in [-0.15, -0.1) is 0 Å². The van der Waals surface area contributed by atoms with Crippen LogP contribution in [-0.4, -0.2) is 36.5 Å². The monoisotopic (exact) mass is 339 g/mol. The molecule has 0 spiro atoms. The summed E-state index contributed by atoms with van der Waals surface area (Å²) >= 11 is 0. The molecule has 2 aromatic carbocycles. The molecule has 0 aromatic heterocycles. The molecule has 1 aliphatic heterocycles. The van der Waals surface area contributed by atoms with Crippen molar-refractivity contribution >= 4 is 23.3 Å². The molecule has 0 bridgehead atoms. The van der Waals surface area contributed by atoms with Gasteiger partial charge in [-0.1, -0.05) is 18.2 Å². The first-order valence-electron chi connectivity index (χ1n) is 8.25. The minimum Gasteiger partial charge on any atom is -0.497 e. The number of nitrogens with zero attached hydrogens (tertiary/aromatic N) is 1. The van der Waals surface area contributed by atoms with Crippen LogP contribution >= 0.6 is 0 Å². The fourth-order valence-electron chi connectivity index (χ4n) is 2.90. The van der Waals surface area contributed by atoms with Crippen molar-refractivity contribution in [2.45, 2.75) is 18.9 Å². The highest BCUT2D eigenvalue weighted by molar-refractivity contribution is 5.99. The molecule has 6 heteroatoms. The molecule has 0 saturated carbocycles. The maximum Gasteiger partial charge on any atom is 0.322 e. The van der Waals surface area contributed by atoms with Crippen LogP contribution < -0.4 is 15.4 Å². The SMILES string of the molecule is COc1ccc(NC(=O)N2CCC[C@@H]2C(=O)Nc2ccccc2)cc1. The van der Waals surface area contributed by atoms with Crippen molar-refractivity contribution in [3.63, 3.8) is 0 Å². The summed E-state index contributed by atoms with van der Waals surface area (Å²) in [6.07, 6.45) is 1.47. The molecule has 2 N–H and O–H groups in total. The topological polar surface area (TPSA) is 70.7 Å². The second-order valence-corrected chi connectivity index (χ2v) is 5.87. The van der Waals surface area contributed by atoms with Gasteiger partial charge in [0, 0.05) is 17.9 Å². The van der Waals surface area contributed by atoms with Crippen LogP contribution in [0.15, 0.2) is 54.6 Å². The number of likely N-dealkylation sites (tertiary alicyclic amines) is 1. The van der Waals surface area contributed by atoms with Crippen molar-refractivity contribution in [2.75, 3.05) is 24.3 Å². The fourth-order valence-corrected chi connectivity index (χ4v) is 2.90. The second kappa shape index (κ2) is 7.70. The van der Waals surface area contributed by atoms with Crippen LogP contribution in [0.1, 0.15) is 12.8 Å². The van der Waals surface area contributed by atoms with Gasteiger partial charge >= 0.3 is 6.03 Å². The number of benzene rings is 2. The third-order valence-corrected chi connectivity index (χ3v) is 4.20. The molecule has 0 radical (unpaired) electrons.